The molecule has 3 heteroatoms. The molecule has 0 saturated heterocycles. The first-order chi connectivity index (χ1) is 10.0. The van der Waals surface area contributed by atoms with Gasteiger partial charge < -0.3 is 9.88 Å². The first kappa shape index (κ1) is 15.5. The number of benzene rings is 1. The van der Waals surface area contributed by atoms with Crippen molar-refractivity contribution < 1.29 is 0 Å². The van der Waals surface area contributed by atoms with E-state index in [0.29, 0.717) is 0 Å². The largest absolute Gasteiger partial charge is 0.322 e. The summed E-state index contributed by atoms with van der Waals surface area (Å²) in [5.74, 6) is 0. The van der Waals surface area contributed by atoms with E-state index in [1.807, 2.05) is 19.1 Å². The van der Waals surface area contributed by atoms with Crippen molar-refractivity contribution in [2.24, 2.45) is 0 Å². The monoisotopic (exact) mass is 284 g/mol. The number of aryl methyl sites for hydroxylation is 1. The second kappa shape index (κ2) is 6.72. The zero-order valence-electron chi connectivity index (χ0n) is 13.4. The van der Waals surface area contributed by atoms with Gasteiger partial charge in [-0.25, -0.2) is 0 Å². The van der Waals surface area contributed by atoms with Crippen LogP contribution in [0, 0.1) is 0 Å². The Morgan fingerprint density at radius 2 is 2.00 bits per heavy atom. The van der Waals surface area contributed by atoms with Crippen molar-refractivity contribution in [1.29, 1.82) is 0 Å². The molecule has 0 radical (unpaired) electrons. The predicted octanol–water partition coefficient (Wildman–Crippen LogP) is 3.45. The summed E-state index contributed by atoms with van der Waals surface area (Å²) >= 11 is 0. The topological polar surface area (TPSA) is 36.1 Å². The highest BCUT2D eigenvalue weighted by Crippen LogP contribution is 2.21. The van der Waals surface area contributed by atoms with Gasteiger partial charge >= 0.3 is 0 Å². The first-order valence-electron chi connectivity index (χ1n) is 7.55. The summed E-state index contributed by atoms with van der Waals surface area (Å²) < 4.78 is 0. The summed E-state index contributed by atoms with van der Waals surface area (Å²) in [6, 6.07) is 8.28. The number of hydrogen-bond acceptors (Lipinski definition) is 2. The Labute approximate surface area is 126 Å². The van der Waals surface area contributed by atoms with Crippen LogP contribution in [-0.2, 0) is 6.42 Å². The van der Waals surface area contributed by atoms with Crippen LogP contribution in [0.1, 0.15) is 31.4 Å². The molecule has 0 bridgehead atoms. The van der Waals surface area contributed by atoms with Crippen molar-refractivity contribution >= 4 is 16.5 Å². The summed E-state index contributed by atoms with van der Waals surface area (Å²) in [6.45, 7) is 5.08. The average molecular weight is 284 g/mol. The van der Waals surface area contributed by atoms with Crippen LogP contribution in [0.3, 0.4) is 0 Å². The third kappa shape index (κ3) is 3.61. The van der Waals surface area contributed by atoms with E-state index in [9.17, 15) is 4.79 Å². The summed E-state index contributed by atoms with van der Waals surface area (Å²) in [7, 11) is 4.16. The van der Waals surface area contributed by atoms with Crippen molar-refractivity contribution in [3.05, 3.63) is 51.8 Å². The number of aromatic nitrogens is 1. The number of H-pyrrole nitrogens is 1. The van der Waals surface area contributed by atoms with E-state index in [2.05, 4.69) is 49.1 Å². The molecule has 1 N–H and O–H groups in total. The number of fused-ring (bicyclic) bond motifs is 1. The predicted molar refractivity (Wildman–Crippen MR) is 90.8 cm³/mol. The lowest BCUT2D eigenvalue weighted by Gasteiger charge is -2.14. The minimum absolute atomic E-state index is 0.0235. The number of pyridine rings is 1. The molecule has 0 aliphatic rings. The van der Waals surface area contributed by atoms with E-state index < -0.39 is 0 Å². The fourth-order valence-electron chi connectivity index (χ4n) is 2.57. The zero-order valence-corrected chi connectivity index (χ0v) is 13.4. The second-order valence-corrected chi connectivity index (χ2v) is 5.65. The van der Waals surface area contributed by atoms with E-state index in [0.717, 1.165) is 35.9 Å². The van der Waals surface area contributed by atoms with Crippen molar-refractivity contribution in [1.82, 2.24) is 9.88 Å². The first-order valence-corrected chi connectivity index (χ1v) is 7.55. The molecule has 0 aliphatic heterocycles. The van der Waals surface area contributed by atoms with Gasteiger partial charge in [-0.15, -0.1) is 0 Å². The number of nitrogens with zero attached hydrogens (tertiary/aromatic N) is 1. The van der Waals surface area contributed by atoms with E-state index in [1.165, 1.54) is 11.1 Å². The number of nitrogens with one attached hydrogen (secondary N) is 1. The Bertz CT molecular complexity index is 711. The molecule has 0 amide bonds. The van der Waals surface area contributed by atoms with E-state index in [4.69, 9.17) is 0 Å². The lowest BCUT2D eigenvalue weighted by Crippen LogP contribution is -2.15. The number of likely N-dealkylation sites (N-methyl/N-ethyl adjacent to an activating group) is 1. The molecular weight excluding hydrogens is 260 g/mol. The van der Waals surface area contributed by atoms with Crippen LogP contribution >= 0.6 is 0 Å². The highest BCUT2D eigenvalue weighted by molar-refractivity contribution is 5.84. The van der Waals surface area contributed by atoms with Gasteiger partial charge in [-0.05, 0) is 61.7 Å². The maximum absolute atomic E-state index is 11.9. The molecule has 3 nitrogen and oxygen atoms in total. The van der Waals surface area contributed by atoms with Crippen molar-refractivity contribution in [2.75, 3.05) is 20.6 Å². The Morgan fingerprint density at radius 3 is 2.62 bits per heavy atom. The summed E-state index contributed by atoms with van der Waals surface area (Å²) in [5, 5.41) is 1.10. The lowest BCUT2D eigenvalue weighted by atomic mass is 10.0. The molecule has 0 fully saturated rings. The minimum Gasteiger partial charge on any atom is -0.322 e. The molecule has 0 atom stereocenters. The Morgan fingerprint density at radius 1 is 1.24 bits per heavy atom. The van der Waals surface area contributed by atoms with Crippen LogP contribution < -0.4 is 5.56 Å². The van der Waals surface area contributed by atoms with Crippen LogP contribution in [0.4, 0.5) is 0 Å². The zero-order chi connectivity index (χ0) is 15.4. The van der Waals surface area contributed by atoms with Crippen molar-refractivity contribution in [2.45, 2.75) is 26.7 Å². The maximum atomic E-state index is 11.9. The quantitative estimate of drug-likeness (QED) is 0.913. The fourth-order valence-corrected chi connectivity index (χ4v) is 2.57. The van der Waals surface area contributed by atoms with Crippen LogP contribution in [0.5, 0.6) is 0 Å². The Kier molecular flexibility index (Phi) is 4.97. The Balaban J connectivity index is 2.52. The molecule has 112 valence electrons. The number of hydrogen-bond donors (Lipinski definition) is 1. The normalized spacial score (nSPS) is 12.3. The molecule has 21 heavy (non-hydrogen) atoms. The molecular formula is C18H24N2O. The van der Waals surface area contributed by atoms with Crippen LogP contribution in [-0.4, -0.2) is 30.5 Å². The van der Waals surface area contributed by atoms with Gasteiger partial charge in [0.2, 0.25) is 0 Å². The molecule has 0 spiro atoms. The van der Waals surface area contributed by atoms with Gasteiger partial charge in [0.05, 0.1) is 0 Å². The highest BCUT2D eigenvalue weighted by Gasteiger charge is 2.06. The molecule has 0 unspecified atom stereocenters. The van der Waals surface area contributed by atoms with E-state index >= 15 is 0 Å². The van der Waals surface area contributed by atoms with E-state index in [-0.39, 0.29) is 5.56 Å². The smallest absolute Gasteiger partial charge is 0.251 e. The van der Waals surface area contributed by atoms with Crippen molar-refractivity contribution in [3.8, 4) is 0 Å². The van der Waals surface area contributed by atoms with Gasteiger partial charge in [0.15, 0.2) is 0 Å². The van der Waals surface area contributed by atoms with Gasteiger partial charge in [0.25, 0.3) is 5.56 Å². The summed E-state index contributed by atoms with van der Waals surface area (Å²) in [6.07, 6.45) is 4.05. The SMILES string of the molecule is CCC=C(CN(C)C)c1ccc2[nH]c(=O)c(CC)cc2c1. The minimum atomic E-state index is 0.0235. The second-order valence-electron chi connectivity index (χ2n) is 5.65. The lowest BCUT2D eigenvalue weighted by molar-refractivity contribution is 0.463. The maximum Gasteiger partial charge on any atom is 0.251 e. The van der Waals surface area contributed by atoms with Crippen molar-refractivity contribution in [3.63, 3.8) is 0 Å². The van der Waals surface area contributed by atoms with Gasteiger partial charge in [-0.2, -0.15) is 0 Å². The highest BCUT2D eigenvalue weighted by atomic mass is 16.1. The van der Waals surface area contributed by atoms with Gasteiger partial charge in [-0.1, -0.05) is 26.0 Å². The summed E-state index contributed by atoms with van der Waals surface area (Å²) in [4.78, 5) is 17.0. The van der Waals surface area contributed by atoms with E-state index in [1.54, 1.807) is 0 Å². The van der Waals surface area contributed by atoms with Gasteiger partial charge in [-0.3, -0.25) is 4.79 Å². The van der Waals surface area contributed by atoms with Gasteiger partial charge in [0, 0.05) is 17.6 Å². The molecule has 2 aromatic rings. The van der Waals surface area contributed by atoms with Crippen LogP contribution in [0.2, 0.25) is 0 Å². The third-order valence-electron chi connectivity index (χ3n) is 3.61. The van der Waals surface area contributed by atoms with Crippen LogP contribution in [0.25, 0.3) is 16.5 Å². The fraction of sp³-hybridized carbons (Fsp3) is 0.389. The molecule has 2 rings (SSSR count). The number of allylic oxidation sites excluding steroid dienone is 1. The summed E-state index contributed by atoms with van der Waals surface area (Å²) in [5.41, 5.74) is 4.33. The average Bonchev–Trinajstić information content (AvgIpc) is 2.45. The molecule has 1 aromatic heterocycles. The number of rotatable bonds is 5. The Hall–Kier alpha value is -1.87. The molecule has 0 saturated carbocycles. The third-order valence-corrected chi connectivity index (χ3v) is 3.61. The molecule has 0 aliphatic carbocycles. The molecule has 1 heterocycles. The van der Waals surface area contributed by atoms with Crippen LogP contribution in [0.15, 0.2) is 35.1 Å². The number of aromatic amines is 1. The molecule has 1 aromatic carbocycles. The standard InChI is InChI=1S/C18H24N2O/c1-5-7-15(12-20(3)4)14-8-9-17-16(11-14)10-13(6-2)18(21)19-17/h7-11H,5-6,12H2,1-4H3,(H,19,21). The van der Waals surface area contributed by atoms with Gasteiger partial charge in [0.1, 0.15) is 0 Å².